The summed E-state index contributed by atoms with van der Waals surface area (Å²) in [6.07, 6.45) is 11.0. The highest BCUT2D eigenvalue weighted by Crippen LogP contribution is 2.77. The van der Waals surface area contributed by atoms with Crippen molar-refractivity contribution in [3.63, 3.8) is 0 Å². The summed E-state index contributed by atoms with van der Waals surface area (Å²) in [5, 5.41) is 20.7. The number of aromatic carboxylic acids is 1. The number of hydrogen-bond donors (Lipinski definition) is 2. The van der Waals surface area contributed by atoms with E-state index in [0.29, 0.717) is 36.2 Å². The molecule has 0 amide bonds. The summed E-state index contributed by atoms with van der Waals surface area (Å²) >= 11 is 0. The fourth-order valence-electron chi connectivity index (χ4n) is 12.7. The summed E-state index contributed by atoms with van der Waals surface area (Å²) in [7, 11) is 0. The number of carboxylic acid groups (broad SMARTS) is 1. The van der Waals surface area contributed by atoms with Gasteiger partial charge in [-0.3, -0.25) is 0 Å². The van der Waals surface area contributed by atoms with E-state index >= 15 is 0 Å². The third kappa shape index (κ3) is 4.26. The Morgan fingerprint density at radius 1 is 0.860 bits per heavy atom. The number of fused-ring (bicyclic) bond motifs is 7. The number of carboxylic acids is 1. The van der Waals surface area contributed by atoms with E-state index in [4.69, 9.17) is 4.74 Å². The lowest BCUT2D eigenvalue weighted by molar-refractivity contribution is -0.249. The Morgan fingerprint density at radius 3 is 2.23 bits per heavy atom. The van der Waals surface area contributed by atoms with Gasteiger partial charge >= 0.3 is 11.9 Å². The molecule has 0 heterocycles. The number of aliphatic hydroxyl groups excluding tert-OH is 1. The zero-order valence-electron chi connectivity index (χ0n) is 27.4. The van der Waals surface area contributed by atoms with Crippen LogP contribution in [-0.4, -0.2) is 34.9 Å². The SMILES string of the molecule is C=C(C)C1CCC2(COC(=O)c3ccccc3C(=O)O)CCC3(C)C(CCC4C5(C)CCC(O)C(C)(C)C5CCC43C)C12. The first-order chi connectivity index (χ1) is 20.1. The normalized spacial score (nSPS) is 44.7. The summed E-state index contributed by atoms with van der Waals surface area (Å²) in [6, 6.07) is 6.38. The molecule has 5 fully saturated rings. The molecule has 5 aliphatic carbocycles. The molecule has 0 bridgehead atoms. The third-order valence-electron chi connectivity index (χ3n) is 15.1. The number of benzene rings is 1. The topological polar surface area (TPSA) is 83.8 Å². The number of carbonyl (C=O) groups is 2. The van der Waals surface area contributed by atoms with Crippen molar-refractivity contribution in [2.75, 3.05) is 6.61 Å². The molecule has 5 heteroatoms. The van der Waals surface area contributed by atoms with Gasteiger partial charge in [-0.1, -0.05) is 58.9 Å². The van der Waals surface area contributed by atoms with Crippen molar-refractivity contribution >= 4 is 11.9 Å². The maximum atomic E-state index is 13.3. The molecular weight excluding hydrogens is 536 g/mol. The smallest absolute Gasteiger partial charge is 0.339 e. The highest BCUT2D eigenvalue weighted by molar-refractivity contribution is 6.02. The summed E-state index contributed by atoms with van der Waals surface area (Å²) in [5.41, 5.74) is 1.91. The predicted molar refractivity (Wildman–Crippen MR) is 169 cm³/mol. The molecule has 10 atom stereocenters. The van der Waals surface area contributed by atoms with Crippen LogP contribution in [0.1, 0.15) is 126 Å². The summed E-state index contributed by atoms with van der Waals surface area (Å²) in [6.45, 7) is 19.5. The Hall–Kier alpha value is -2.14. The molecule has 5 aliphatic rings. The highest BCUT2D eigenvalue weighted by Gasteiger charge is 2.71. The molecule has 43 heavy (non-hydrogen) atoms. The van der Waals surface area contributed by atoms with Crippen molar-refractivity contribution in [2.45, 2.75) is 112 Å². The van der Waals surface area contributed by atoms with E-state index in [2.05, 4.69) is 48.1 Å². The largest absolute Gasteiger partial charge is 0.478 e. The number of ether oxygens (including phenoxy) is 1. The van der Waals surface area contributed by atoms with E-state index < -0.39 is 11.9 Å². The van der Waals surface area contributed by atoms with Crippen LogP contribution in [0.25, 0.3) is 0 Å². The minimum atomic E-state index is -1.11. The fraction of sp³-hybridized carbons (Fsp3) is 0.737. The molecule has 1 aromatic rings. The molecule has 1 aromatic carbocycles. The Kier molecular flexibility index (Phi) is 7.31. The Labute approximate surface area is 258 Å². The van der Waals surface area contributed by atoms with Crippen molar-refractivity contribution in [3.05, 3.63) is 47.5 Å². The van der Waals surface area contributed by atoms with Gasteiger partial charge in [0.25, 0.3) is 0 Å². The number of carbonyl (C=O) groups excluding carboxylic acids is 1. The molecule has 0 aliphatic heterocycles. The maximum Gasteiger partial charge on any atom is 0.339 e. The molecule has 0 saturated heterocycles. The monoisotopic (exact) mass is 590 g/mol. The first-order valence-electron chi connectivity index (χ1n) is 17.0. The molecule has 0 aromatic heterocycles. The second kappa shape index (κ2) is 10.2. The van der Waals surface area contributed by atoms with Crippen LogP contribution in [0.15, 0.2) is 36.4 Å². The summed E-state index contributed by atoms with van der Waals surface area (Å²) in [4.78, 5) is 25.1. The number of allylic oxidation sites excluding steroid dienone is 1. The lowest BCUT2D eigenvalue weighted by Gasteiger charge is -2.73. The van der Waals surface area contributed by atoms with Crippen LogP contribution < -0.4 is 0 Å². The fourth-order valence-corrected chi connectivity index (χ4v) is 12.7. The van der Waals surface area contributed by atoms with Crippen LogP contribution in [0, 0.1) is 56.7 Å². The molecule has 0 radical (unpaired) electrons. The van der Waals surface area contributed by atoms with E-state index in [1.54, 1.807) is 18.2 Å². The van der Waals surface area contributed by atoms with Crippen molar-refractivity contribution < 1.29 is 24.5 Å². The predicted octanol–water partition coefficient (Wildman–Crippen LogP) is 8.56. The van der Waals surface area contributed by atoms with Gasteiger partial charge in [-0.05, 0) is 135 Å². The van der Waals surface area contributed by atoms with Gasteiger partial charge < -0.3 is 14.9 Å². The third-order valence-corrected chi connectivity index (χ3v) is 15.1. The zero-order valence-corrected chi connectivity index (χ0v) is 27.4. The van der Waals surface area contributed by atoms with Gasteiger partial charge in [0.15, 0.2) is 0 Å². The summed E-state index contributed by atoms with van der Waals surface area (Å²) in [5.74, 6) is 0.942. The number of esters is 1. The molecule has 10 unspecified atom stereocenters. The Bertz CT molecular complexity index is 1310. The van der Waals surface area contributed by atoms with Gasteiger partial charge in [0.1, 0.15) is 0 Å². The Balaban J connectivity index is 1.31. The van der Waals surface area contributed by atoms with Gasteiger partial charge in [0, 0.05) is 5.41 Å². The van der Waals surface area contributed by atoms with Crippen molar-refractivity contribution in [1.29, 1.82) is 0 Å². The second-order valence-electron chi connectivity index (χ2n) is 16.9. The molecule has 0 spiro atoms. The van der Waals surface area contributed by atoms with Gasteiger partial charge in [0.2, 0.25) is 0 Å². The average molecular weight is 591 g/mol. The van der Waals surface area contributed by atoms with Crippen molar-refractivity contribution in [2.24, 2.45) is 56.7 Å². The van der Waals surface area contributed by atoms with E-state index in [1.165, 1.54) is 37.3 Å². The first kappa shape index (κ1) is 30.9. The highest BCUT2D eigenvalue weighted by atomic mass is 16.5. The lowest BCUT2D eigenvalue weighted by atomic mass is 9.32. The minimum Gasteiger partial charge on any atom is -0.478 e. The van der Waals surface area contributed by atoms with Crippen molar-refractivity contribution in [3.8, 4) is 0 Å². The van der Waals surface area contributed by atoms with Crippen LogP contribution in [-0.2, 0) is 4.74 Å². The zero-order chi connectivity index (χ0) is 31.2. The molecule has 5 nitrogen and oxygen atoms in total. The number of hydrogen-bond acceptors (Lipinski definition) is 4. The molecule has 236 valence electrons. The molecule has 6 rings (SSSR count). The van der Waals surface area contributed by atoms with E-state index in [-0.39, 0.29) is 44.3 Å². The van der Waals surface area contributed by atoms with Crippen LogP contribution in [0.2, 0.25) is 0 Å². The minimum absolute atomic E-state index is 0.00208. The molecule has 2 N–H and O–H groups in total. The van der Waals surface area contributed by atoms with Gasteiger partial charge in [-0.2, -0.15) is 0 Å². The van der Waals surface area contributed by atoms with Gasteiger partial charge in [-0.25, -0.2) is 9.59 Å². The lowest BCUT2D eigenvalue weighted by Crippen LogP contribution is -2.66. The number of aliphatic hydroxyl groups is 1. The molecular formula is C38H54O5. The first-order valence-corrected chi connectivity index (χ1v) is 17.0. The van der Waals surface area contributed by atoms with E-state index in [1.807, 2.05) is 0 Å². The van der Waals surface area contributed by atoms with Crippen LogP contribution in [0.4, 0.5) is 0 Å². The van der Waals surface area contributed by atoms with Crippen LogP contribution in [0.3, 0.4) is 0 Å². The maximum absolute atomic E-state index is 13.3. The summed E-state index contributed by atoms with van der Waals surface area (Å²) < 4.78 is 6.10. The second-order valence-corrected chi connectivity index (χ2v) is 16.9. The van der Waals surface area contributed by atoms with Crippen LogP contribution in [0.5, 0.6) is 0 Å². The van der Waals surface area contributed by atoms with Crippen molar-refractivity contribution in [1.82, 2.24) is 0 Å². The van der Waals surface area contributed by atoms with Crippen LogP contribution >= 0.6 is 0 Å². The average Bonchev–Trinajstić information content (AvgIpc) is 3.34. The number of rotatable bonds is 5. The van der Waals surface area contributed by atoms with Gasteiger partial charge in [-0.15, -0.1) is 0 Å². The van der Waals surface area contributed by atoms with E-state index in [9.17, 15) is 19.8 Å². The quantitative estimate of drug-likeness (QED) is 0.265. The molecule has 5 saturated carbocycles. The van der Waals surface area contributed by atoms with Gasteiger partial charge in [0.05, 0.1) is 23.8 Å². The van der Waals surface area contributed by atoms with E-state index in [0.717, 1.165) is 38.5 Å². The standard InChI is InChI=1S/C38H54O5/c1-23(2)24-14-19-38(22-43-33(42)26-11-9-8-10-25(26)32(40)41)21-20-36(6)27(31(24)38)12-13-29-35(5)17-16-30(39)34(3,4)28(35)15-18-37(29,36)7/h8-11,24,27-31,39H,1,12-22H2,2-7H3,(H,40,41). The Morgan fingerprint density at radius 2 is 1.56 bits per heavy atom.